The Labute approximate surface area is 163 Å². The average molecular weight is 426 g/mol. The number of hydroxylamine groups is 2. The second-order valence-corrected chi connectivity index (χ2v) is 10.0. The molecule has 2 bridgehead atoms. The maximum Gasteiger partial charge on any atom is 0.416 e. The fourth-order valence-corrected chi connectivity index (χ4v) is 4.94. The number of rotatable bonds is 9. The lowest BCUT2D eigenvalue weighted by Crippen LogP contribution is -2.50. The van der Waals surface area contributed by atoms with Gasteiger partial charge in [-0.25, -0.2) is 4.18 Å². The Bertz CT molecular complexity index is 670. The number of carbonyl (C=O) groups excluding carboxylic acids is 2. The zero-order chi connectivity index (χ0) is 20.4. The third-order valence-corrected chi connectivity index (χ3v) is 6.24. The molecule has 0 radical (unpaired) electrons. The number of piperidine rings is 1. The van der Waals surface area contributed by atoms with Gasteiger partial charge in [0.25, 0.3) is 0 Å². The van der Waals surface area contributed by atoms with Crippen LogP contribution in [0, 0.1) is 5.41 Å². The molecule has 2 aliphatic rings. The van der Waals surface area contributed by atoms with E-state index < -0.39 is 34.1 Å². The van der Waals surface area contributed by atoms with Gasteiger partial charge in [-0.05, 0) is 24.7 Å². The number of hydrogen-bond donors (Lipinski definition) is 2. The lowest BCUT2D eigenvalue weighted by Gasteiger charge is -2.29. The van der Waals surface area contributed by atoms with Crippen LogP contribution in [0.4, 0.5) is 0 Å². The van der Waals surface area contributed by atoms with Crippen LogP contribution in [0.25, 0.3) is 0 Å². The lowest BCUT2D eigenvalue weighted by atomic mass is 9.92. The summed E-state index contributed by atoms with van der Waals surface area (Å²) in [4.78, 5) is 23.9. The number of thioether (sulfide) groups is 1. The van der Waals surface area contributed by atoms with Gasteiger partial charge in [-0.2, -0.15) is 12.7 Å². The molecule has 2 rings (SSSR count). The Morgan fingerprint density at radius 1 is 1.33 bits per heavy atom. The molecule has 0 saturated carbocycles. The van der Waals surface area contributed by atoms with Gasteiger partial charge in [0, 0.05) is 19.2 Å². The summed E-state index contributed by atoms with van der Waals surface area (Å²) in [6.07, 6.45) is 0.0622. The molecule has 2 aliphatic heterocycles. The summed E-state index contributed by atoms with van der Waals surface area (Å²) in [6, 6.07) is -1.04. The van der Waals surface area contributed by atoms with E-state index in [4.69, 9.17) is 14.2 Å². The topological polar surface area (TPSA) is 139 Å². The summed E-state index contributed by atoms with van der Waals surface area (Å²) >= 11 is 1.17. The Hall–Kier alpha value is -0.760. The number of nitrogens with two attached hydrogens (primary N) is 1. The van der Waals surface area contributed by atoms with Gasteiger partial charge in [-0.3, -0.25) is 14.5 Å². The first-order chi connectivity index (χ1) is 12.4. The molecule has 2 fully saturated rings. The van der Waals surface area contributed by atoms with Crippen molar-refractivity contribution in [2.75, 3.05) is 18.9 Å². The monoisotopic (exact) mass is 425 g/mol. The molecular formula is C15H27N3O7S2. The van der Waals surface area contributed by atoms with E-state index >= 15 is 0 Å². The van der Waals surface area contributed by atoms with Crippen molar-refractivity contribution < 1.29 is 31.6 Å². The standard InChI is InChI=1S/C15H27N3O7S2/c1-10(19)26-7-6-15(2,3)9-24-27(22,23)25-18-11-4-5-12(13(16)20)17(8-11)14(18)21/h11-12,14,21H,4-9H2,1-3H3,(H2,16,20)/t11-,12+,14?/m1/s1. The van der Waals surface area contributed by atoms with E-state index in [-0.39, 0.29) is 24.3 Å². The molecule has 3 N–H and O–H groups in total. The van der Waals surface area contributed by atoms with E-state index in [0.29, 0.717) is 25.0 Å². The maximum atomic E-state index is 12.2. The number of hydrogen-bond acceptors (Lipinski definition) is 10. The summed E-state index contributed by atoms with van der Waals surface area (Å²) in [5, 5.41) is 11.2. The summed E-state index contributed by atoms with van der Waals surface area (Å²) in [5.74, 6) is -0.0122. The molecule has 27 heavy (non-hydrogen) atoms. The molecule has 0 spiro atoms. The van der Waals surface area contributed by atoms with E-state index in [0.717, 1.165) is 5.06 Å². The van der Waals surface area contributed by atoms with Crippen molar-refractivity contribution in [1.29, 1.82) is 0 Å². The van der Waals surface area contributed by atoms with Crippen LogP contribution in [0.15, 0.2) is 0 Å². The second-order valence-electron chi connectivity index (χ2n) is 7.55. The van der Waals surface area contributed by atoms with Crippen molar-refractivity contribution >= 4 is 33.2 Å². The van der Waals surface area contributed by atoms with Crippen molar-refractivity contribution in [1.82, 2.24) is 9.96 Å². The highest BCUT2D eigenvalue weighted by Crippen LogP contribution is 2.33. The molecule has 0 aromatic heterocycles. The minimum absolute atomic E-state index is 0.000997. The summed E-state index contributed by atoms with van der Waals surface area (Å²) in [5.41, 5.74) is 4.84. The van der Waals surface area contributed by atoms with E-state index in [1.54, 1.807) is 0 Å². The van der Waals surface area contributed by atoms with Gasteiger partial charge in [0.1, 0.15) is 0 Å². The van der Waals surface area contributed by atoms with E-state index in [1.165, 1.54) is 23.6 Å². The van der Waals surface area contributed by atoms with Gasteiger partial charge in [0.15, 0.2) is 11.5 Å². The number of primary amides is 1. The van der Waals surface area contributed by atoms with Crippen LogP contribution in [0.2, 0.25) is 0 Å². The number of aliphatic hydroxyl groups is 1. The summed E-state index contributed by atoms with van der Waals surface area (Å²) in [7, 11) is -4.40. The van der Waals surface area contributed by atoms with Crippen LogP contribution in [0.3, 0.4) is 0 Å². The van der Waals surface area contributed by atoms with Gasteiger partial charge in [0.2, 0.25) is 5.91 Å². The van der Waals surface area contributed by atoms with Crippen molar-refractivity contribution in [3.8, 4) is 0 Å². The van der Waals surface area contributed by atoms with Crippen molar-refractivity contribution in [3.05, 3.63) is 0 Å². The molecular weight excluding hydrogens is 398 g/mol. The quantitative estimate of drug-likeness (QED) is 0.510. The minimum Gasteiger partial charge on any atom is -0.368 e. The van der Waals surface area contributed by atoms with Gasteiger partial charge >= 0.3 is 10.4 Å². The molecule has 10 nitrogen and oxygen atoms in total. The predicted molar refractivity (Wildman–Crippen MR) is 98.1 cm³/mol. The lowest BCUT2D eigenvalue weighted by molar-refractivity contribution is -0.202. The van der Waals surface area contributed by atoms with Crippen LogP contribution in [0.5, 0.6) is 0 Å². The van der Waals surface area contributed by atoms with Crippen LogP contribution >= 0.6 is 11.8 Å². The van der Waals surface area contributed by atoms with E-state index in [9.17, 15) is 23.1 Å². The molecule has 2 saturated heterocycles. The van der Waals surface area contributed by atoms with Gasteiger partial charge in [-0.15, -0.1) is 5.06 Å². The third-order valence-electron chi connectivity index (χ3n) is 4.66. The number of amides is 1. The van der Waals surface area contributed by atoms with Crippen molar-refractivity contribution in [3.63, 3.8) is 0 Å². The van der Waals surface area contributed by atoms with Crippen LogP contribution < -0.4 is 5.73 Å². The van der Waals surface area contributed by atoms with Crippen LogP contribution in [0.1, 0.15) is 40.0 Å². The number of nitrogens with zero attached hydrogens (tertiary/aromatic N) is 2. The minimum atomic E-state index is -4.40. The highest BCUT2D eigenvalue weighted by Gasteiger charge is 2.49. The zero-order valence-corrected chi connectivity index (χ0v) is 17.3. The number of fused-ring (bicyclic) bond motifs is 2. The SMILES string of the molecule is CC(=O)SCCC(C)(C)COS(=O)(=O)ON1C(O)N2C[C@H]1CC[C@H]2C(N)=O. The van der Waals surface area contributed by atoms with Crippen molar-refractivity contribution in [2.24, 2.45) is 11.1 Å². The first-order valence-electron chi connectivity index (χ1n) is 8.66. The first kappa shape index (κ1) is 22.5. The van der Waals surface area contributed by atoms with E-state index in [1.807, 2.05) is 13.8 Å². The number of aliphatic hydroxyl groups excluding tert-OH is 1. The van der Waals surface area contributed by atoms with Crippen molar-refractivity contribution in [2.45, 2.75) is 58.5 Å². The molecule has 1 amide bonds. The highest BCUT2D eigenvalue weighted by atomic mass is 32.3. The second kappa shape index (κ2) is 8.72. The molecule has 156 valence electrons. The molecule has 0 aromatic carbocycles. The molecule has 12 heteroatoms. The first-order valence-corrected chi connectivity index (χ1v) is 11.0. The smallest absolute Gasteiger partial charge is 0.368 e. The van der Waals surface area contributed by atoms with E-state index in [2.05, 4.69) is 0 Å². The molecule has 4 atom stereocenters. The van der Waals surface area contributed by atoms with Gasteiger partial charge < -0.3 is 10.8 Å². The fourth-order valence-electron chi connectivity index (χ4n) is 3.08. The average Bonchev–Trinajstić information content (AvgIpc) is 2.77. The van der Waals surface area contributed by atoms with Crippen LogP contribution in [-0.2, 0) is 28.5 Å². The third kappa shape index (κ3) is 6.11. The van der Waals surface area contributed by atoms with Gasteiger partial charge in [0.05, 0.1) is 18.7 Å². The Morgan fingerprint density at radius 2 is 2.00 bits per heavy atom. The molecule has 0 aliphatic carbocycles. The zero-order valence-electron chi connectivity index (χ0n) is 15.7. The Kier molecular flexibility index (Phi) is 7.28. The molecule has 2 heterocycles. The largest absolute Gasteiger partial charge is 0.416 e. The highest BCUT2D eigenvalue weighted by molar-refractivity contribution is 8.13. The Balaban J connectivity index is 1.91. The molecule has 0 aromatic rings. The predicted octanol–water partition coefficient (Wildman–Crippen LogP) is -0.215. The number of carbonyl (C=O) groups is 2. The summed E-state index contributed by atoms with van der Waals surface area (Å²) < 4.78 is 34.3. The van der Waals surface area contributed by atoms with Crippen LogP contribution in [-0.4, -0.2) is 71.8 Å². The Morgan fingerprint density at radius 3 is 2.59 bits per heavy atom. The summed E-state index contributed by atoms with van der Waals surface area (Å²) in [6.45, 7) is 5.27. The normalized spacial score (nSPS) is 29.0. The fraction of sp³-hybridized carbons (Fsp3) is 0.867. The van der Waals surface area contributed by atoms with Gasteiger partial charge in [-0.1, -0.05) is 25.6 Å². The maximum absolute atomic E-state index is 12.2. The molecule has 2 unspecified atom stereocenters.